The Bertz CT molecular complexity index is 1360. The van der Waals surface area contributed by atoms with Gasteiger partial charge in [-0.05, 0) is 43.2 Å². The SMILES string of the molecule is CCOc1cc(C2c3c(-c4ccc(C)cc4)n[nH]c3C(=O)N2Cc2ccccc2Cl)ccc1O. The minimum absolute atomic E-state index is 0.0544. The number of benzene rings is 3. The Hall–Kier alpha value is -3.77. The number of hydrogen-bond donors (Lipinski definition) is 2. The van der Waals surface area contributed by atoms with Crippen LogP contribution in [0.5, 0.6) is 11.5 Å². The Morgan fingerprint density at radius 1 is 1.12 bits per heavy atom. The Morgan fingerprint density at radius 3 is 2.62 bits per heavy atom. The van der Waals surface area contributed by atoms with Crippen molar-refractivity contribution in [2.45, 2.75) is 26.4 Å². The van der Waals surface area contributed by atoms with Crippen LogP contribution in [0.1, 0.15) is 45.7 Å². The van der Waals surface area contributed by atoms with Gasteiger partial charge in [0.2, 0.25) is 0 Å². The highest BCUT2D eigenvalue weighted by molar-refractivity contribution is 6.31. The largest absolute Gasteiger partial charge is 0.504 e. The second kappa shape index (κ2) is 8.88. The number of aromatic amines is 1. The van der Waals surface area contributed by atoms with Gasteiger partial charge in [0.1, 0.15) is 5.69 Å². The van der Waals surface area contributed by atoms with Crippen LogP contribution in [0.25, 0.3) is 11.3 Å². The van der Waals surface area contributed by atoms with Crippen LogP contribution in [0, 0.1) is 6.92 Å². The molecule has 1 aliphatic rings. The molecule has 1 unspecified atom stereocenters. The van der Waals surface area contributed by atoms with Crippen LogP contribution in [-0.4, -0.2) is 32.7 Å². The number of hydrogen-bond acceptors (Lipinski definition) is 4. The number of nitrogens with one attached hydrogen (secondary N) is 1. The topological polar surface area (TPSA) is 78.5 Å². The zero-order valence-corrected chi connectivity index (χ0v) is 19.6. The third kappa shape index (κ3) is 3.80. The van der Waals surface area contributed by atoms with Gasteiger partial charge in [0.15, 0.2) is 11.5 Å². The molecule has 172 valence electrons. The minimum Gasteiger partial charge on any atom is -0.504 e. The maximum atomic E-state index is 13.6. The van der Waals surface area contributed by atoms with Gasteiger partial charge in [-0.3, -0.25) is 9.89 Å². The number of aromatic nitrogens is 2. The molecule has 3 aromatic carbocycles. The van der Waals surface area contributed by atoms with Crippen molar-refractivity contribution < 1.29 is 14.6 Å². The van der Waals surface area contributed by atoms with Crippen molar-refractivity contribution in [3.63, 3.8) is 0 Å². The smallest absolute Gasteiger partial charge is 0.273 e. The summed E-state index contributed by atoms with van der Waals surface area (Å²) in [5.74, 6) is 0.273. The summed E-state index contributed by atoms with van der Waals surface area (Å²) in [6.07, 6.45) is 0. The molecular formula is C27H24ClN3O3. The summed E-state index contributed by atoms with van der Waals surface area (Å²) in [5.41, 5.74) is 5.71. The Morgan fingerprint density at radius 2 is 1.88 bits per heavy atom. The third-order valence-corrected chi connectivity index (χ3v) is 6.46. The van der Waals surface area contributed by atoms with Crippen LogP contribution in [0.4, 0.5) is 0 Å². The molecule has 0 radical (unpaired) electrons. The molecule has 0 spiro atoms. The molecule has 34 heavy (non-hydrogen) atoms. The molecule has 5 rings (SSSR count). The summed E-state index contributed by atoms with van der Waals surface area (Å²) in [4.78, 5) is 15.4. The van der Waals surface area contributed by atoms with E-state index in [0.717, 1.165) is 33.5 Å². The normalized spacial score (nSPS) is 15.0. The number of halogens is 1. The van der Waals surface area contributed by atoms with E-state index in [-0.39, 0.29) is 11.7 Å². The number of carbonyl (C=O) groups excluding carboxylic acids is 1. The molecule has 0 bridgehead atoms. The van der Waals surface area contributed by atoms with Gasteiger partial charge in [0, 0.05) is 22.7 Å². The number of nitrogens with zero attached hydrogens (tertiary/aromatic N) is 2. The van der Waals surface area contributed by atoms with Crippen molar-refractivity contribution in [1.29, 1.82) is 0 Å². The van der Waals surface area contributed by atoms with Gasteiger partial charge in [0.05, 0.1) is 18.3 Å². The molecule has 0 saturated carbocycles. The first-order valence-corrected chi connectivity index (χ1v) is 11.5. The number of aryl methyl sites for hydroxylation is 1. The Balaban J connectivity index is 1.67. The highest BCUT2D eigenvalue weighted by Gasteiger charge is 2.42. The van der Waals surface area contributed by atoms with Crippen LogP contribution in [0.3, 0.4) is 0 Å². The highest BCUT2D eigenvalue weighted by atomic mass is 35.5. The summed E-state index contributed by atoms with van der Waals surface area (Å²) in [5, 5.41) is 18.4. The minimum atomic E-state index is -0.436. The summed E-state index contributed by atoms with van der Waals surface area (Å²) in [6.45, 7) is 4.63. The van der Waals surface area contributed by atoms with Crippen molar-refractivity contribution in [2.75, 3.05) is 6.61 Å². The van der Waals surface area contributed by atoms with Crippen LogP contribution >= 0.6 is 11.6 Å². The van der Waals surface area contributed by atoms with E-state index in [0.29, 0.717) is 29.6 Å². The summed E-state index contributed by atoms with van der Waals surface area (Å²) < 4.78 is 5.64. The van der Waals surface area contributed by atoms with Crippen LogP contribution in [0.15, 0.2) is 66.7 Å². The summed E-state index contributed by atoms with van der Waals surface area (Å²) in [7, 11) is 0. The molecule has 2 N–H and O–H groups in total. The highest BCUT2D eigenvalue weighted by Crippen LogP contribution is 2.45. The van der Waals surface area contributed by atoms with E-state index in [1.807, 2.05) is 68.4 Å². The number of rotatable bonds is 6. The maximum Gasteiger partial charge on any atom is 0.273 e. The first kappa shape index (κ1) is 22.0. The number of amides is 1. The van der Waals surface area contributed by atoms with Gasteiger partial charge in [-0.15, -0.1) is 0 Å². The quantitative estimate of drug-likeness (QED) is 0.366. The van der Waals surface area contributed by atoms with E-state index in [2.05, 4.69) is 10.2 Å². The molecule has 1 amide bonds. The monoisotopic (exact) mass is 473 g/mol. The molecule has 1 aliphatic heterocycles. The Kier molecular flexibility index (Phi) is 5.75. The molecule has 7 heteroatoms. The molecule has 4 aromatic rings. The molecule has 2 heterocycles. The number of carbonyl (C=O) groups is 1. The number of H-pyrrole nitrogens is 1. The average Bonchev–Trinajstić information content (AvgIpc) is 3.37. The first-order valence-electron chi connectivity index (χ1n) is 11.1. The van der Waals surface area contributed by atoms with Crippen molar-refractivity contribution in [3.05, 3.63) is 99.7 Å². The number of phenolic OH excluding ortho intramolecular Hbond substituents is 1. The van der Waals surface area contributed by atoms with Crippen molar-refractivity contribution >= 4 is 17.5 Å². The van der Waals surface area contributed by atoms with E-state index < -0.39 is 6.04 Å². The number of phenols is 1. The molecule has 0 fully saturated rings. The lowest BCUT2D eigenvalue weighted by Crippen LogP contribution is -2.29. The van der Waals surface area contributed by atoms with E-state index in [9.17, 15) is 9.90 Å². The van der Waals surface area contributed by atoms with Crippen LogP contribution in [0.2, 0.25) is 5.02 Å². The van der Waals surface area contributed by atoms with Crippen molar-refractivity contribution in [2.24, 2.45) is 0 Å². The molecule has 0 saturated heterocycles. The van der Waals surface area contributed by atoms with Gasteiger partial charge in [-0.1, -0.05) is 65.7 Å². The molecule has 0 aliphatic carbocycles. The fraction of sp³-hybridized carbons (Fsp3) is 0.185. The van der Waals surface area contributed by atoms with E-state index in [1.165, 1.54) is 0 Å². The summed E-state index contributed by atoms with van der Waals surface area (Å²) >= 11 is 6.45. The lowest BCUT2D eigenvalue weighted by molar-refractivity contribution is 0.0730. The van der Waals surface area contributed by atoms with Gasteiger partial charge >= 0.3 is 0 Å². The molecular weight excluding hydrogens is 450 g/mol. The fourth-order valence-corrected chi connectivity index (χ4v) is 4.62. The fourth-order valence-electron chi connectivity index (χ4n) is 4.42. The lowest BCUT2D eigenvalue weighted by Gasteiger charge is -2.27. The molecule has 1 atom stereocenters. The average molecular weight is 474 g/mol. The number of aromatic hydroxyl groups is 1. The standard InChI is InChI=1S/C27H24ClN3O3/c1-3-34-22-14-18(12-13-21(22)32)26-23-24(17-10-8-16(2)9-11-17)29-30-25(23)27(33)31(26)15-19-6-4-5-7-20(19)28/h4-14,26,32H,3,15H2,1-2H3,(H,29,30). The second-order valence-electron chi connectivity index (χ2n) is 8.31. The zero-order valence-electron chi connectivity index (χ0n) is 18.9. The third-order valence-electron chi connectivity index (χ3n) is 6.09. The van der Waals surface area contributed by atoms with E-state index >= 15 is 0 Å². The van der Waals surface area contributed by atoms with Crippen molar-refractivity contribution in [3.8, 4) is 22.8 Å². The summed E-state index contributed by atoms with van der Waals surface area (Å²) in [6, 6.07) is 20.3. The van der Waals surface area contributed by atoms with Gasteiger partial charge < -0.3 is 14.7 Å². The Labute approximate surface area is 202 Å². The number of fused-ring (bicyclic) bond motifs is 1. The van der Waals surface area contributed by atoms with Crippen LogP contribution in [-0.2, 0) is 6.54 Å². The van der Waals surface area contributed by atoms with Crippen molar-refractivity contribution in [1.82, 2.24) is 15.1 Å². The van der Waals surface area contributed by atoms with E-state index in [4.69, 9.17) is 16.3 Å². The van der Waals surface area contributed by atoms with E-state index in [1.54, 1.807) is 17.0 Å². The van der Waals surface area contributed by atoms with Gasteiger partial charge in [0.25, 0.3) is 5.91 Å². The second-order valence-corrected chi connectivity index (χ2v) is 8.72. The van der Waals surface area contributed by atoms with Crippen LogP contribution < -0.4 is 4.74 Å². The van der Waals surface area contributed by atoms with Gasteiger partial charge in [-0.25, -0.2) is 0 Å². The first-order chi connectivity index (χ1) is 16.5. The molecule has 6 nitrogen and oxygen atoms in total. The predicted molar refractivity (Wildman–Crippen MR) is 131 cm³/mol. The zero-order chi connectivity index (χ0) is 23.8. The number of ether oxygens (including phenoxy) is 1. The predicted octanol–water partition coefficient (Wildman–Crippen LogP) is 5.89. The maximum absolute atomic E-state index is 13.6. The lowest BCUT2D eigenvalue weighted by atomic mass is 9.95. The van der Waals surface area contributed by atoms with Gasteiger partial charge in [-0.2, -0.15) is 5.10 Å². The molecule has 1 aromatic heterocycles.